The highest BCUT2D eigenvalue weighted by molar-refractivity contribution is 7.93. The van der Waals surface area contributed by atoms with E-state index in [0.717, 1.165) is 11.3 Å². The van der Waals surface area contributed by atoms with Crippen LogP contribution in [-0.2, 0) is 10.0 Å². The molecule has 0 fully saturated rings. The molecule has 0 atom stereocenters. The Morgan fingerprint density at radius 1 is 1.29 bits per heavy atom. The predicted molar refractivity (Wildman–Crippen MR) is 85.3 cm³/mol. The van der Waals surface area contributed by atoms with E-state index in [1.165, 1.54) is 24.4 Å². The molecule has 1 aromatic carbocycles. The van der Waals surface area contributed by atoms with E-state index in [1.54, 1.807) is 0 Å². The normalized spacial score (nSPS) is 10.8. The zero-order chi connectivity index (χ0) is 15.5. The molecule has 0 spiro atoms. The molecule has 5 nitrogen and oxygen atoms in total. The monoisotopic (exact) mass is 361 g/mol. The Kier molecular flexibility index (Phi) is 5.08. The molecular formula is C12H9Cl2N3O2S2. The number of sulfonamides is 1. The van der Waals surface area contributed by atoms with Crippen LogP contribution in [0.2, 0.25) is 10.0 Å². The van der Waals surface area contributed by atoms with Gasteiger partial charge in [-0.2, -0.15) is 0 Å². The summed E-state index contributed by atoms with van der Waals surface area (Å²) in [5.74, 6) is 5.44. The largest absolute Gasteiger partial charge is 0.320 e. The van der Waals surface area contributed by atoms with Gasteiger partial charge >= 0.3 is 0 Å². The van der Waals surface area contributed by atoms with Crippen molar-refractivity contribution in [2.45, 2.75) is 4.90 Å². The molecule has 0 aliphatic carbocycles. The molecule has 1 aromatic heterocycles. The average Bonchev–Trinajstić information content (AvgIpc) is 2.82. The summed E-state index contributed by atoms with van der Waals surface area (Å²) < 4.78 is 26.8. The number of nitrogens with two attached hydrogens (primary N) is 1. The highest BCUT2D eigenvalue weighted by Crippen LogP contribution is 2.25. The summed E-state index contributed by atoms with van der Waals surface area (Å²) in [5.41, 5.74) is 5.26. The second-order valence-electron chi connectivity index (χ2n) is 3.75. The molecule has 0 saturated heterocycles. The first kappa shape index (κ1) is 16.1. The Bertz CT molecular complexity index is 802. The number of thiazole rings is 1. The molecule has 2 aromatic rings. The van der Waals surface area contributed by atoms with E-state index in [4.69, 9.17) is 28.9 Å². The fraction of sp³-hybridized carbons (Fsp3) is 0.0833. The molecule has 110 valence electrons. The van der Waals surface area contributed by atoms with Crippen LogP contribution in [0, 0.1) is 11.8 Å². The maximum Gasteiger partial charge on any atom is 0.263 e. The fourth-order valence-electron chi connectivity index (χ4n) is 1.37. The quantitative estimate of drug-likeness (QED) is 0.822. The SMILES string of the molecule is NCC#Cc1cnc(NS(=O)(=O)c2cc(Cl)cc(Cl)c2)s1. The fourth-order valence-corrected chi connectivity index (χ4v) is 4.03. The average molecular weight is 362 g/mol. The lowest BCUT2D eigenvalue weighted by molar-refractivity contribution is 0.601. The molecule has 0 aliphatic heterocycles. The predicted octanol–water partition coefficient (Wildman–Crippen LogP) is 2.56. The Balaban J connectivity index is 2.26. The third-order valence-electron chi connectivity index (χ3n) is 2.19. The Labute approximate surface area is 136 Å². The van der Waals surface area contributed by atoms with Crippen molar-refractivity contribution in [1.29, 1.82) is 0 Å². The van der Waals surface area contributed by atoms with Crippen LogP contribution in [0.1, 0.15) is 4.88 Å². The standard InChI is InChI=1S/C12H9Cl2N3O2S2/c13-8-4-9(14)6-11(5-8)21(18,19)17-12-16-7-10(20-12)2-1-3-15/h4-7H,3,15H2,(H,16,17). The van der Waals surface area contributed by atoms with E-state index in [0.29, 0.717) is 4.88 Å². The first-order valence-corrected chi connectivity index (χ1v) is 8.60. The molecule has 21 heavy (non-hydrogen) atoms. The number of rotatable bonds is 3. The first-order chi connectivity index (χ1) is 9.90. The van der Waals surface area contributed by atoms with Crippen molar-refractivity contribution in [1.82, 2.24) is 4.98 Å². The number of aromatic nitrogens is 1. The van der Waals surface area contributed by atoms with Crippen LogP contribution in [-0.4, -0.2) is 19.9 Å². The highest BCUT2D eigenvalue weighted by atomic mass is 35.5. The number of nitrogens with one attached hydrogen (secondary N) is 1. The highest BCUT2D eigenvalue weighted by Gasteiger charge is 2.17. The molecule has 1 heterocycles. The molecule has 0 aliphatic rings. The Morgan fingerprint density at radius 2 is 1.95 bits per heavy atom. The molecule has 0 bridgehead atoms. The zero-order valence-corrected chi connectivity index (χ0v) is 13.6. The molecule has 2 rings (SSSR count). The van der Waals surface area contributed by atoms with E-state index >= 15 is 0 Å². The van der Waals surface area contributed by atoms with Gasteiger partial charge in [-0.3, -0.25) is 4.72 Å². The second kappa shape index (κ2) is 6.64. The second-order valence-corrected chi connectivity index (χ2v) is 7.33. The van der Waals surface area contributed by atoms with Gasteiger partial charge in [-0.25, -0.2) is 13.4 Å². The number of anilines is 1. The van der Waals surface area contributed by atoms with Crippen molar-refractivity contribution in [2.24, 2.45) is 5.73 Å². The van der Waals surface area contributed by atoms with E-state index in [9.17, 15) is 8.42 Å². The third kappa shape index (κ3) is 4.33. The lowest BCUT2D eigenvalue weighted by Crippen LogP contribution is -2.12. The van der Waals surface area contributed by atoms with Gasteiger partial charge in [0.15, 0.2) is 5.13 Å². The summed E-state index contributed by atoms with van der Waals surface area (Å²) in [5, 5.41) is 0.667. The summed E-state index contributed by atoms with van der Waals surface area (Å²) in [6.45, 7) is 0.222. The molecule has 0 amide bonds. The summed E-state index contributed by atoms with van der Waals surface area (Å²) in [6, 6.07) is 4.06. The van der Waals surface area contributed by atoms with Gasteiger partial charge in [0, 0.05) is 10.0 Å². The van der Waals surface area contributed by atoms with Crippen LogP contribution < -0.4 is 10.5 Å². The molecule has 3 N–H and O–H groups in total. The summed E-state index contributed by atoms with van der Waals surface area (Å²) in [4.78, 5) is 4.52. The molecule has 0 radical (unpaired) electrons. The van der Waals surface area contributed by atoms with Crippen LogP contribution in [0.4, 0.5) is 5.13 Å². The number of hydrogen-bond donors (Lipinski definition) is 2. The van der Waals surface area contributed by atoms with Crippen molar-refractivity contribution in [2.75, 3.05) is 11.3 Å². The molecule has 0 unspecified atom stereocenters. The van der Waals surface area contributed by atoms with E-state index in [1.807, 2.05) is 0 Å². The van der Waals surface area contributed by atoms with Gasteiger partial charge in [0.25, 0.3) is 10.0 Å². The summed E-state index contributed by atoms with van der Waals surface area (Å²) in [6.07, 6.45) is 1.47. The van der Waals surface area contributed by atoms with Crippen LogP contribution in [0.25, 0.3) is 0 Å². The number of halogens is 2. The molecule has 0 saturated carbocycles. The number of hydrogen-bond acceptors (Lipinski definition) is 5. The number of nitrogens with zero attached hydrogens (tertiary/aromatic N) is 1. The maximum absolute atomic E-state index is 12.2. The minimum absolute atomic E-state index is 0.0372. The van der Waals surface area contributed by atoms with Crippen LogP contribution in [0.5, 0.6) is 0 Å². The number of benzene rings is 1. The minimum atomic E-state index is -3.81. The van der Waals surface area contributed by atoms with Crippen molar-refractivity contribution < 1.29 is 8.42 Å². The molecule has 9 heteroatoms. The third-order valence-corrected chi connectivity index (χ3v) is 4.90. The van der Waals surface area contributed by atoms with Gasteiger partial charge in [-0.1, -0.05) is 46.4 Å². The van der Waals surface area contributed by atoms with Crippen molar-refractivity contribution >= 4 is 49.7 Å². The van der Waals surface area contributed by atoms with Crippen LogP contribution >= 0.6 is 34.5 Å². The minimum Gasteiger partial charge on any atom is -0.320 e. The molecular weight excluding hydrogens is 353 g/mol. The smallest absolute Gasteiger partial charge is 0.263 e. The van der Waals surface area contributed by atoms with Gasteiger partial charge in [0.05, 0.1) is 22.5 Å². The van der Waals surface area contributed by atoms with E-state index in [-0.39, 0.29) is 26.6 Å². The lowest BCUT2D eigenvalue weighted by atomic mass is 10.4. The van der Waals surface area contributed by atoms with Gasteiger partial charge in [0.1, 0.15) is 0 Å². The van der Waals surface area contributed by atoms with Gasteiger partial charge in [-0.15, -0.1) is 0 Å². The zero-order valence-electron chi connectivity index (χ0n) is 10.4. The van der Waals surface area contributed by atoms with Crippen LogP contribution in [0.3, 0.4) is 0 Å². The van der Waals surface area contributed by atoms with Gasteiger partial charge in [-0.05, 0) is 18.2 Å². The van der Waals surface area contributed by atoms with E-state index < -0.39 is 10.0 Å². The van der Waals surface area contributed by atoms with Crippen molar-refractivity contribution in [3.8, 4) is 11.8 Å². The summed E-state index contributed by atoms with van der Waals surface area (Å²) in [7, 11) is -3.81. The Morgan fingerprint density at radius 3 is 2.57 bits per heavy atom. The van der Waals surface area contributed by atoms with E-state index in [2.05, 4.69) is 21.5 Å². The first-order valence-electron chi connectivity index (χ1n) is 5.54. The lowest BCUT2D eigenvalue weighted by Gasteiger charge is -2.06. The van der Waals surface area contributed by atoms with Crippen LogP contribution in [0.15, 0.2) is 29.3 Å². The van der Waals surface area contributed by atoms with Crippen molar-refractivity contribution in [3.63, 3.8) is 0 Å². The van der Waals surface area contributed by atoms with Gasteiger partial charge in [0.2, 0.25) is 0 Å². The van der Waals surface area contributed by atoms with Crippen molar-refractivity contribution in [3.05, 3.63) is 39.3 Å². The summed E-state index contributed by atoms with van der Waals surface area (Å²) >= 11 is 12.7. The topological polar surface area (TPSA) is 85.1 Å². The van der Waals surface area contributed by atoms with Gasteiger partial charge < -0.3 is 5.73 Å². The Hall–Kier alpha value is -1.30. The maximum atomic E-state index is 12.2.